The molecule has 0 aliphatic rings. The molecule has 3 aromatic rings. The quantitative estimate of drug-likeness (QED) is 0.182. The van der Waals surface area contributed by atoms with Crippen molar-refractivity contribution in [1.29, 1.82) is 0 Å². The fourth-order valence-corrected chi connectivity index (χ4v) is 3.04. The monoisotopic (exact) mass is 431 g/mol. The van der Waals surface area contributed by atoms with Gasteiger partial charge in [0.15, 0.2) is 11.2 Å². The number of nitrogens with zero attached hydrogens (tertiary/aromatic N) is 3. The van der Waals surface area contributed by atoms with E-state index >= 15 is 0 Å². The number of hydrogen-bond donors (Lipinski definition) is 0. The lowest BCUT2D eigenvalue weighted by Gasteiger charge is -2.05. The summed E-state index contributed by atoms with van der Waals surface area (Å²) in [5.41, 5.74) is 2.83. The number of Topliss-reactive ketones (excluding diaryl/α,β-unsaturated/α-hetero) is 1. The molecular formula is C25H25N3O4. The van der Waals surface area contributed by atoms with E-state index in [1.807, 2.05) is 28.8 Å². The molecule has 0 fully saturated rings. The molecule has 0 aliphatic heterocycles. The maximum Gasteiger partial charge on any atom is 0.305 e. The van der Waals surface area contributed by atoms with Crippen molar-refractivity contribution >= 4 is 23.1 Å². The Labute approximate surface area is 186 Å². The Bertz CT molecular complexity index is 1110. The molecule has 0 spiro atoms. The molecule has 1 aromatic heterocycles. The SMILES string of the molecule is CCOC(=O)CCCCC(=O)c1ccc(N=Nc2ccc(-n3ccc(=O)cc3)cc2)cc1. The zero-order valence-electron chi connectivity index (χ0n) is 17.9. The summed E-state index contributed by atoms with van der Waals surface area (Å²) in [4.78, 5) is 34.8. The zero-order chi connectivity index (χ0) is 22.8. The highest BCUT2D eigenvalue weighted by molar-refractivity contribution is 5.96. The van der Waals surface area contributed by atoms with E-state index in [4.69, 9.17) is 4.74 Å². The van der Waals surface area contributed by atoms with Crippen LogP contribution in [0.4, 0.5) is 11.4 Å². The molecule has 0 radical (unpaired) electrons. The van der Waals surface area contributed by atoms with Crippen molar-refractivity contribution in [2.45, 2.75) is 32.6 Å². The van der Waals surface area contributed by atoms with Crippen LogP contribution in [0.2, 0.25) is 0 Å². The summed E-state index contributed by atoms with van der Waals surface area (Å²) in [6.07, 6.45) is 5.44. The van der Waals surface area contributed by atoms with Gasteiger partial charge in [-0.3, -0.25) is 14.4 Å². The fourth-order valence-electron chi connectivity index (χ4n) is 3.04. The van der Waals surface area contributed by atoms with Gasteiger partial charge in [-0.15, -0.1) is 0 Å². The minimum atomic E-state index is -0.221. The number of aromatic nitrogens is 1. The van der Waals surface area contributed by atoms with Crippen molar-refractivity contribution in [1.82, 2.24) is 4.57 Å². The van der Waals surface area contributed by atoms with E-state index in [1.165, 1.54) is 12.1 Å². The first-order chi connectivity index (χ1) is 15.5. The topological polar surface area (TPSA) is 90.1 Å². The highest BCUT2D eigenvalue weighted by Crippen LogP contribution is 2.21. The maximum absolute atomic E-state index is 12.3. The van der Waals surface area contributed by atoms with Crippen LogP contribution in [0.5, 0.6) is 0 Å². The predicted molar refractivity (Wildman–Crippen MR) is 122 cm³/mol. The van der Waals surface area contributed by atoms with Gasteiger partial charge in [0.2, 0.25) is 0 Å². The van der Waals surface area contributed by atoms with Crippen LogP contribution in [0.1, 0.15) is 43.0 Å². The first-order valence-corrected chi connectivity index (χ1v) is 10.5. The number of esters is 1. The van der Waals surface area contributed by atoms with Crippen molar-refractivity contribution in [3.63, 3.8) is 0 Å². The predicted octanol–water partition coefficient (Wildman–Crippen LogP) is 5.56. The molecule has 0 atom stereocenters. The molecule has 2 aromatic carbocycles. The van der Waals surface area contributed by atoms with Crippen LogP contribution >= 0.6 is 0 Å². The Morgan fingerprint density at radius 3 is 1.97 bits per heavy atom. The smallest absolute Gasteiger partial charge is 0.305 e. The van der Waals surface area contributed by atoms with E-state index in [-0.39, 0.29) is 17.2 Å². The summed E-state index contributed by atoms with van der Waals surface area (Å²) in [5, 5.41) is 8.45. The molecule has 0 saturated heterocycles. The molecule has 0 aliphatic carbocycles. The fraction of sp³-hybridized carbons (Fsp3) is 0.240. The van der Waals surface area contributed by atoms with Crippen LogP contribution in [0, 0.1) is 0 Å². The first kappa shape index (κ1) is 22.8. The number of unbranched alkanes of at least 4 members (excludes halogenated alkanes) is 1. The average Bonchev–Trinajstić information content (AvgIpc) is 2.82. The molecule has 32 heavy (non-hydrogen) atoms. The molecule has 0 N–H and O–H groups in total. The zero-order valence-corrected chi connectivity index (χ0v) is 17.9. The van der Waals surface area contributed by atoms with Crippen molar-refractivity contribution < 1.29 is 14.3 Å². The standard InChI is InChI=1S/C25H25N3O4/c1-2-32-25(31)6-4-3-5-24(30)19-7-9-20(10-8-19)26-27-21-11-13-22(14-12-21)28-17-15-23(29)16-18-28/h7-18H,2-6H2,1H3. The molecule has 0 amide bonds. The number of rotatable bonds is 10. The summed E-state index contributed by atoms with van der Waals surface area (Å²) in [5.74, 6) is -0.184. The van der Waals surface area contributed by atoms with Crippen molar-refractivity contribution in [3.8, 4) is 5.69 Å². The van der Waals surface area contributed by atoms with E-state index < -0.39 is 0 Å². The molecule has 164 valence electrons. The largest absolute Gasteiger partial charge is 0.466 e. The van der Waals surface area contributed by atoms with Gasteiger partial charge < -0.3 is 9.30 Å². The Kier molecular flexibility index (Phi) is 8.20. The number of pyridine rings is 1. The van der Waals surface area contributed by atoms with Gasteiger partial charge >= 0.3 is 5.97 Å². The van der Waals surface area contributed by atoms with Gasteiger partial charge in [0, 0.05) is 48.6 Å². The van der Waals surface area contributed by atoms with Gasteiger partial charge in [0.05, 0.1) is 18.0 Å². The van der Waals surface area contributed by atoms with E-state index in [1.54, 1.807) is 43.6 Å². The Balaban J connectivity index is 1.51. The normalized spacial score (nSPS) is 10.9. The van der Waals surface area contributed by atoms with Crippen molar-refractivity contribution in [3.05, 3.63) is 88.8 Å². The Hall–Kier alpha value is -3.87. The van der Waals surface area contributed by atoms with Crippen LogP contribution in [-0.4, -0.2) is 22.9 Å². The molecule has 0 bridgehead atoms. The van der Waals surface area contributed by atoms with Gasteiger partial charge in [-0.1, -0.05) is 0 Å². The third-order valence-corrected chi connectivity index (χ3v) is 4.76. The van der Waals surface area contributed by atoms with E-state index in [0.29, 0.717) is 49.2 Å². The lowest BCUT2D eigenvalue weighted by Crippen LogP contribution is -2.04. The lowest BCUT2D eigenvalue weighted by atomic mass is 10.0. The van der Waals surface area contributed by atoms with Gasteiger partial charge in [0.1, 0.15) is 0 Å². The molecule has 7 nitrogen and oxygen atoms in total. The summed E-state index contributed by atoms with van der Waals surface area (Å²) in [6, 6.07) is 17.5. The number of ketones is 1. The van der Waals surface area contributed by atoms with Crippen molar-refractivity contribution in [2.75, 3.05) is 6.61 Å². The molecule has 0 saturated carbocycles. The van der Waals surface area contributed by atoms with Gasteiger partial charge in [-0.25, -0.2) is 0 Å². The molecule has 0 unspecified atom stereocenters. The van der Waals surface area contributed by atoms with Crippen LogP contribution in [0.15, 0.2) is 88.1 Å². The molecule has 3 rings (SSSR count). The minimum absolute atomic E-state index is 0.0339. The number of carbonyl (C=O) groups is 2. The second-order valence-corrected chi connectivity index (χ2v) is 7.14. The second-order valence-electron chi connectivity index (χ2n) is 7.14. The first-order valence-electron chi connectivity index (χ1n) is 10.5. The summed E-state index contributed by atoms with van der Waals surface area (Å²) in [6.45, 7) is 2.15. The second kappa shape index (κ2) is 11.5. The highest BCUT2D eigenvalue weighted by atomic mass is 16.5. The highest BCUT2D eigenvalue weighted by Gasteiger charge is 2.07. The lowest BCUT2D eigenvalue weighted by molar-refractivity contribution is -0.143. The average molecular weight is 431 g/mol. The number of carbonyl (C=O) groups excluding carboxylic acids is 2. The number of benzene rings is 2. The van der Waals surface area contributed by atoms with E-state index in [9.17, 15) is 14.4 Å². The minimum Gasteiger partial charge on any atom is -0.466 e. The van der Waals surface area contributed by atoms with Crippen LogP contribution < -0.4 is 5.43 Å². The summed E-state index contributed by atoms with van der Waals surface area (Å²) in [7, 11) is 0. The number of azo groups is 1. The third kappa shape index (κ3) is 6.84. The van der Waals surface area contributed by atoms with Crippen LogP contribution in [-0.2, 0) is 9.53 Å². The number of ether oxygens (including phenoxy) is 1. The van der Waals surface area contributed by atoms with Gasteiger partial charge in [-0.2, -0.15) is 10.2 Å². The summed E-state index contributed by atoms with van der Waals surface area (Å²) >= 11 is 0. The van der Waals surface area contributed by atoms with Crippen LogP contribution in [0.25, 0.3) is 5.69 Å². The van der Waals surface area contributed by atoms with Crippen LogP contribution in [0.3, 0.4) is 0 Å². The summed E-state index contributed by atoms with van der Waals surface area (Å²) < 4.78 is 6.72. The van der Waals surface area contributed by atoms with E-state index in [0.717, 1.165) is 5.69 Å². The number of hydrogen-bond acceptors (Lipinski definition) is 6. The van der Waals surface area contributed by atoms with Gasteiger partial charge in [0.25, 0.3) is 0 Å². The Morgan fingerprint density at radius 1 is 0.812 bits per heavy atom. The van der Waals surface area contributed by atoms with Crippen molar-refractivity contribution in [2.24, 2.45) is 10.2 Å². The molecule has 7 heteroatoms. The molecule has 1 heterocycles. The third-order valence-electron chi connectivity index (χ3n) is 4.76. The van der Waals surface area contributed by atoms with Gasteiger partial charge in [-0.05, 0) is 68.3 Å². The maximum atomic E-state index is 12.3. The van der Waals surface area contributed by atoms with E-state index in [2.05, 4.69) is 10.2 Å². The Morgan fingerprint density at radius 2 is 1.38 bits per heavy atom. The molecular weight excluding hydrogens is 406 g/mol.